The Morgan fingerprint density at radius 2 is 1.90 bits per heavy atom. The number of rotatable bonds is 2. The molecular formula is C18H19N2. The van der Waals surface area contributed by atoms with Gasteiger partial charge in [0.25, 0.3) is 0 Å². The summed E-state index contributed by atoms with van der Waals surface area (Å²) in [5.74, 6) is 0. The van der Waals surface area contributed by atoms with Gasteiger partial charge in [0, 0.05) is 5.54 Å². The Bertz CT molecular complexity index is 633. The molecule has 2 aromatic carbocycles. The quantitative estimate of drug-likeness (QED) is 0.872. The third-order valence-corrected chi connectivity index (χ3v) is 3.73. The first kappa shape index (κ1) is 12.9. The van der Waals surface area contributed by atoms with Crippen LogP contribution in [0.15, 0.2) is 48.7 Å². The molecule has 0 fully saturated rings. The summed E-state index contributed by atoms with van der Waals surface area (Å²) in [4.78, 5) is 0. The number of nitrogens with two attached hydrogens (primary N) is 1. The highest BCUT2D eigenvalue weighted by Crippen LogP contribution is 2.29. The molecule has 0 amide bonds. The molecule has 101 valence electrons. The van der Waals surface area contributed by atoms with E-state index in [-0.39, 0.29) is 11.6 Å². The smallest absolute Gasteiger partial charge is 0.0768 e. The number of benzene rings is 2. The maximum Gasteiger partial charge on any atom is 0.0768 e. The van der Waals surface area contributed by atoms with E-state index in [4.69, 9.17) is 5.73 Å². The Labute approximate surface area is 120 Å². The molecule has 0 spiro atoms. The van der Waals surface area contributed by atoms with Crippen molar-refractivity contribution in [1.29, 1.82) is 0 Å². The number of fused-ring (bicyclic) bond motifs is 1. The standard InChI is InChI=1S/C18H19N2/c1-18(2,19)15-9-7-14(8-10-15)17-16-6-4-3-5-13(16)11-12-20-17/h3-4,6-12,17,20H,19H2,1-2H3. The highest BCUT2D eigenvalue weighted by Gasteiger charge is 2.19. The van der Waals surface area contributed by atoms with Crippen LogP contribution in [0.3, 0.4) is 0 Å². The van der Waals surface area contributed by atoms with E-state index < -0.39 is 0 Å². The fraction of sp³-hybridized carbons (Fsp3) is 0.222. The van der Waals surface area contributed by atoms with Gasteiger partial charge in [0.15, 0.2) is 0 Å². The van der Waals surface area contributed by atoms with Crippen LogP contribution in [0.25, 0.3) is 6.08 Å². The van der Waals surface area contributed by atoms with E-state index in [0.29, 0.717) is 0 Å². The maximum absolute atomic E-state index is 6.13. The lowest BCUT2D eigenvalue weighted by Gasteiger charge is -2.25. The zero-order chi connectivity index (χ0) is 14.2. The van der Waals surface area contributed by atoms with Crippen LogP contribution in [0.5, 0.6) is 0 Å². The molecule has 20 heavy (non-hydrogen) atoms. The van der Waals surface area contributed by atoms with Crippen LogP contribution in [0.4, 0.5) is 0 Å². The van der Waals surface area contributed by atoms with E-state index in [1.165, 1.54) is 11.1 Å². The molecule has 0 saturated heterocycles. The van der Waals surface area contributed by atoms with E-state index in [9.17, 15) is 0 Å². The van der Waals surface area contributed by atoms with E-state index in [2.05, 4.69) is 47.8 Å². The summed E-state index contributed by atoms with van der Waals surface area (Å²) >= 11 is 0. The second kappa shape index (κ2) is 4.80. The third kappa shape index (κ3) is 2.35. The first-order chi connectivity index (χ1) is 9.55. The first-order valence-corrected chi connectivity index (χ1v) is 6.88. The van der Waals surface area contributed by atoms with Gasteiger partial charge in [-0.15, -0.1) is 0 Å². The molecule has 1 heterocycles. The van der Waals surface area contributed by atoms with Gasteiger partial charge in [-0.3, -0.25) is 0 Å². The molecule has 1 radical (unpaired) electrons. The van der Waals surface area contributed by atoms with Crippen LogP contribution in [-0.2, 0) is 5.54 Å². The highest BCUT2D eigenvalue weighted by atomic mass is 14.9. The Hall–Kier alpha value is -2.06. The summed E-state index contributed by atoms with van der Waals surface area (Å²) in [5.41, 5.74) is 10.6. The minimum absolute atomic E-state index is 0.183. The Balaban J connectivity index is 1.96. The maximum atomic E-state index is 6.13. The van der Waals surface area contributed by atoms with Gasteiger partial charge in [0.05, 0.1) is 6.04 Å². The van der Waals surface area contributed by atoms with Gasteiger partial charge in [-0.1, -0.05) is 42.5 Å². The summed E-state index contributed by atoms with van der Waals surface area (Å²) < 4.78 is 0. The van der Waals surface area contributed by atoms with Gasteiger partial charge < -0.3 is 11.1 Å². The molecule has 2 heteroatoms. The average molecular weight is 263 g/mol. The lowest BCUT2D eigenvalue weighted by molar-refractivity contribution is 0.554. The average Bonchev–Trinajstić information content (AvgIpc) is 2.46. The molecule has 2 nitrogen and oxygen atoms in total. The van der Waals surface area contributed by atoms with Gasteiger partial charge in [-0.05, 0) is 54.4 Å². The van der Waals surface area contributed by atoms with Crippen molar-refractivity contribution >= 4 is 6.08 Å². The predicted octanol–water partition coefficient (Wildman–Crippen LogP) is 3.34. The lowest BCUT2D eigenvalue weighted by atomic mass is 9.89. The summed E-state index contributed by atoms with van der Waals surface area (Å²) in [5, 5.41) is 3.42. The topological polar surface area (TPSA) is 38.0 Å². The molecule has 1 aliphatic heterocycles. The summed E-state index contributed by atoms with van der Waals surface area (Å²) in [6.07, 6.45) is 4.05. The molecule has 0 saturated carbocycles. The van der Waals surface area contributed by atoms with E-state index in [1.54, 1.807) is 0 Å². The largest absolute Gasteiger partial charge is 0.380 e. The highest BCUT2D eigenvalue weighted by molar-refractivity contribution is 5.58. The molecule has 0 bridgehead atoms. The van der Waals surface area contributed by atoms with Crippen molar-refractivity contribution in [2.75, 3.05) is 0 Å². The molecule has 2 aromatic rings. The van der Waals surface area contributed by atoms with Gasteiger partial charge in [0.2, 0.25) is 0 Å². The number of hydrogen-bond donors (Lipinski definition) is 2. The molecule has 1 aliphatic rings. The zero-order valence-electron chi connectivity index (χ0n) is 11.9. The molecule has 3 N–H and O–H groups in total. The number of hydrogen-bond acceptors (Lipinski definition) is 2. The van der Waals surface area contributed by atoms with Crippen LogP contribution in [0.2, 0.25) is 0 Å². The van der Waals surface area contributed by atoms with Crippen molar-refractivity contribution in [1.82, 2.24) is 5.32 Å². The zero-order valence-corrected chi connectivity index (χ0v) is 11.9. The van der Waals surface area contributed by atoms with Crippen molar-refractivity contribution in [3.63, 3.8) is 0 Å². The van der Waals surface area contributed by atoms with Crippen LogP contribution in [-0.4, -0.2) is 0 Å². The number of nitrogens with one attached hydrogen (secondary N) is 1. The van der Waals surface area contributed by atoms with E-state index in [0.717, 1.165) is 11.1 Å². The van der Waals surface area contributed by atoms with Crippen molar-refractivity contribution < 1.29 is 0 Å². The summed E-state index contributed by atoms with van der Waals surface area (Å²) in [7, 11) is 0. The summed E-state index contributed by atoms with van der Waals surface area (Å²) in [6.45, 7) is 4.04. The molecule has 1 atom stereocenters. The van der Waals surface area contributed by atoms with Crippen molar-refractivity contribution in [2.24, 2.45) is 5.73 Å². The van der Waals surface area contributed by atoms with Crippen molar-refractivity contribution in [3.05, 3.63) is 77.0 Å². The monoisotopic (exact) mass is 263 g/mol. The van der Waals surface area contributed by atoms with Crippen LogP contribution < -0.4 is 11.1 Å². The van der Waals surface area contributed by atoms with Crippen LogP contribution in [0, 0.1) is 6.07 Å². The fourth-order valence-corrected chi connectivity index (χ4v) is 2.56. The van der Waals surface area contributed by atoms with E-state index >= 15 is 0 Å². The minimum atomic E-state index is -0.301. The summed E-state index contributed by atoms with van der Waals surface area (Å²) in [6, 6.07) is 18.1. The second-order valence-electron chi connectivity index (χ2n) is 5.82. The van der Waals surface area contributed by atoms with Crippen molar-refractivity contribution in [3.8, 4) is 0 Å². The minimum Gasteiger partial charge on any atom is -0.380 e. The normalized spacial score (nSPS) is 17.4. The molecular weight excluding hydrogens is 244 g/mol. The lowest BCUT2D eigenvalue weighted by Crippen LogP contribution is -2.28. The second-order valence-corrected chi connectivity index (χ2v) is 5.82. The molecule has 3 rings (SSSR count). The van der Waals surface area contributed by atoms with Gasteiger partial charge in [0.1, 0.15) is 0 Å². The van der Waals surface area contributed by atoms with Crippen LogP contribution >= 0.6 is 0 Å². The fourth-order valence-electron chi connectivity index (χ4n) is 2.56. The Morgan fingerprint density at radius 3 is 2.60 bits per heavy atom. The predicted molar refractivity (Wildman–Crippen MR) is 82.9 cm³/mol. The van der Waals surface area contributed by atoms with Crippen molar-refractivity contribution in [2.45, 2.75) is 25.4 Å². The van der Waals surface area contributed by atoms with Gasteiger partial charge >= 0.3 is 0 Å². The third-order valence-electron chi connectivity index (χ3n) is 3.73. The molecule has 1 unspecified atom stereocenters. The SMILES string of the molecule is CC(C)(N)c1ccc(C2NC=Cc3[c]cccc32)cc1. The first-order valence-electron chi connectivity index (χ1n) is 6.88. The molecule has 0 aromatic heterocycles. The Morgan fingerprint density at radius 1 is 1.15 bits per heavy atom. The van der Waals surface area contributed by atoms with Gasteiger partial charge in [-0.2, -0.15) is 0 Å². The van der Waals surface area contributed by atoms with Gasteiger partial charge in [-0.25, -0.2) is 0 Å². The molecule has 0 aliphatic carbocycles. The van der Waals surface area contributed by atoms with Crippen LogP contribution in [0.1, 0.15) is 42.1 Å². The van der Waals surface area contributed by atoms with E-state index in [1.807, 2.05) is 32.2 Å². The Kier molecular flexibility index (Phi) is 3.11.